The van der Waals surface area contributed by atoms with Gasteiger partial charge in [-0.1, -0.05) is 6.58 Å². The van der Waals surface area contributed by atoms with Gasteiger partial charge in [0.1, 0.15) is 12.2 Å². The highest BCUT2D eigenvalue weighted by Crippen LogP contribution is 2.40. The molecule has 19 heavy (non-hydrogen) atoms. The van der Waals surface area contributed by atoms with Gasteiger partial charge in [-0.15, -0.1) is 0 Å². The average Bonchev–Trinajstić information content (AvgIpc) is 2.69. The Bertz CT molecular complexity index is 440. The Kier molecular flexibility index (Phi) is 3.59. The van der Waals surface area contributed by atoms with Gasteiger partial charge < -0.3 is 14.2 Å². The van der Waals surface area contributed by atoms with Crippen molar-refractivity contribution in [3.63, 3.8) is 0 Å². The molecular formula is C13H16O6. The van der Waals surface area contributed by atoms with E-state index < -0.39 is 42.0 Å². The lowest BCUT2D eigenvalue weighted by Crippen LogP contribution is -2.40. The van der Waals surface area contributed by atoms with Crippen molar-refractivity contribution in [3.8, 4) is 0 Å². The summed E-state index contributed by atoms with van der Waals surface area (Å²) in [5.74, 6) is -2.54. The van der Waals surface area contributed by atoms with Gasteiger partial charge in [0.05, 0.1) is 18.9 Å². The Morgan fingerprint density at radius 3 is 2.63 bits per heavy atom. The smallest absolute Gasteiger partial charge is 0.333 e. The molecule has 1 aliphatic carbocycles. The largest absolute Gasteiger partial charge is 0.469 e. The first-order valence-electron chi connectivity index (χ1n) is 6.08. The number of rotatable bonds is 3. The lowest BCUT2D eigenvalue weighted by molar-refractivity contribution is -0.159. The highest BCUT2D eigenvalue weighted by atomic mass is 16.6. The van der Waals surface area contributed by atoms with Crippen LogP contribution in [-0.4, -0.2) is 37.2 Å². The molecule has 0 aromatic heterocycles. The van der Waals surface area contributed by atoms with Crippen molar-refractivity contribution in [1.29, 1.82) is 0 Å². The Morgan fingerprint density at radius 1 is 1.37 bits per heavy atom. The zero-order valence-corrected chi connectivity index (χ0v) is 10.9. The maximum atomic E-state index is 11.7. The topological polar surface area (TPSA) is 78.9 Å². The van der Waals surface area contributed by atoms with Gasteiger partial charge >= 0.3 is 17.9 Å². The molecule has 1 heterocycles. The lowest BCUT2D eigenvalue weighted by atomic mass is 9.78. The van der Waals surface area contributed by atoms with E-state index in [2.05, 4.69) is 11.3 Å². The van der Waals surface area contributed by atoms with Crippen molar-refractivity contribution in [3.05, 3.63) is 12.2 Å². The minimum Gasteiger partial charge on any atom is -0.469 e. The molecule has 1 saturated heterocycles. The van der Waals surface area contributed by atoms with Crippen molar-refractivity contribution >= 4 is 17.9 Å². The minimum atomic E-state index is -0.615. The molecule has 0 spiro atoms. The molecule has 4 atom stereocenters. The Balaban J connectivity index is 2.14. The average molecular weight is 268 g/mol. The van der Waals surface area contributed by atoms with Crippen LogP contribution in [0, 0.1) is 11.8 Å². The highest BCUT2D eigenvalue weighted by Gasteiger charge is 2.53. The van der Waals surface area contributed by atoms with Gasteiger partial charge in [-0.2, -0.15) is 0 Å². The van der Waals surface area contributed by atoms with E-state index in [0.29, 0.717) is 6.42 Å². The predicted octanol–water partition coefficient (Wildman–Crippen LogP) is 0.599. The van der Waals surface area contributed by atoms with Crippen LogP contribution in [0.3, 0.4) is 0 Å². The van der Waals surface area contributed by atoms with E-state index in [1.807, 2.05) is 0 Å². The van der Waals surface area contributed by atoms with Gasteiger partial charge in [-0.05, 0) is 6.92 Å². The van der Waals surface area contributed by atoms with Gasteiger partial charge in [-0.25, -0.2) is 4.79 Å². The van der Waals surface area contributed by atoms with E-state index >= 15 is 0 Å². The zero-order chi connectivity index (χ0) is 14.2. The third-order valence-corrected chi connectivity index (χ3v) is 3.55. The summed E-state index contributed by atoms with van der Waals surface area (Å²) in [7, 11) is 1.27. The van der Waals surface area contributed by atoms with Crippen LogP contribution in [0.5, 0.6) is 0 Å². The number of carbonyl (C=O) groups excluding carboxylic acids is 3. The van der Waals surface area contributed by atoms with E-state index in [1.54, 1.807) is 0 Å². The molecular weight excluding hydrogens is 252 g/mol. The first-order valence-corrected chi connectivity index (χ1v) is 6.08. The van der Waals surface area contributed by atoms with Crippen molar-refractivity contribution in [2.24, 2.45) is 11.8 Å². The molecule has 2 fully saturated rings. The fourth-order valence-corrected chi connectivity index (χ4v) is 2.53. The third kappa shape index (κ3) is 2.47. The highest BCUT2D eigenvalue weighted by molar-refractivity contribution is 5.87. The number of carbonyl (C=O) groups is 3. The summed E-state index contributed by atoms with van der Waals surface area (Å²) in [5.41, 5.74) is 0.265. The molecule has 6 heteroatoms. The fourth-order valence-electron chi connectivity index (χ4n) is 2.53. The Hall–Kier alpha value is -1.85. The second-order valence-corrected chi connectivity index (χ2v) is 4.91. The van der Waals surface area contributed by atoms with Crippen LogP contribution >= 0.6 is 0 Å². The minimum absolute atomic E-state index is 0.243. The maximum Gasteiger partial charge on any atom is 0.333 e. The molecule has 0 N–H and O–H groups in total. The summed E-state index contributed by atoms with van der Waals surface area (Å²) in [6.07, 6.45) is -0.461. The van der Waals surface area contributed by atoms with Crippen molar-refractivity contribution in [2.45, 2.75) is 32.0 Å². The number of methoxy groups -OCH3 is 1. The van der Waals surface area contributed by atoms with E-state index in [4.69, 9.17) is 9.47 Å². The Morgan fingerprint density at radius 2 is 2.05 bits per heavy atom. The summed E-state index contributed by atoms with van der Waals surface area (Å²) in [6, 6.07) is 0. The van der Waals surface area contributed by atoms with Crippen LogP contribution in [-0.2, 0) is 28.6 Å². The van der Waals surface area contributed by atoms with Crippen LogP contribution in [0.4, 0.5) is 0 Å². The summed E-state index contributed by atoms with van der Waals surface area (Å²) in [4.78, 5) is 34.9. The molecule has 104 valence electrons. The fraction of sp³-hybridized carbons (Fsp3) is 0.615. The molecule has 2 bridgehead atoms. The molecule has 0 amide bonds. The van der Waals surface area contributed by atoms with Gasteiger partial charge in [0, 0.05) is 18.4 Å². The van der Waals surface area contributed by atoms with Gasteiger partial charge in [0.25, 0.3) is 0 Å². The third-order valence-electron chi connectivity index (χ3n) is 3.55. The quantitative estimate of drug-likeness (QED) is 0.423. The molecule has 4 unspecified atom stereocenters. The van der Waals surface area contributed by atoms with E-state index in [9.17, 15) is 14.4 Å². The first-order chi connectivity index (χ1) is 8.93. The summed E-state index contributed by atoms with van der Waals surface area (Å²) in [6.45, 7) is 5.03. The number of hydrogen-bond acceptors (Lipinski definition) is 6. The summed E-state index contributed by atoms with van der Waals surface area (Å²) >= 11 is 0. The molecule has 2 rings (SSSR count). The van der Waals surface area contributed by atoms with Gasteiger partial charge in [0.15, 0.2) is 0 Å². The Labute approximate surface area is 110 Å². The van der Waals surface area contributed by atoms with Crippen LogP contribution in [0.25, 0.3) is 0 Å². The van der Waals surface area contributed by atoms with Crippen LogP contribution in [0.2, 0.25) is 0 Å². The molecule has 0 aromatic rings. The second-order valence-electron chi connectivity index (χ2n) is 4.91. The normalized spacial score (nSPS) is 32.4. The van der Waals surface area contributed by atoms with Gasteiger partial charge in [-0.3, -0.25) is 9.59 Å². The van der Waals surface area contributed by atoms with Crippen LogP contribution in [0.1, 0.15) is 19.8 Å². The van der Waals surface area contributed by atoms with Crippen molar-refractivity contribution < 1.29 is 28.6 Å². The molecule has 1 aliphatic heterocycles. The lowest BCUT2D eigenvalue weighted by Gasteiger charge is -2.29. The summed E-state index contributed by atoms with van der Waals surface area (Å²) in [5, 5.41) is 0. The second kappa shape index (κ2) is 5.03. The maximum absolute atomic E-state index is 11.7. The number of fused-ring (bicyclic) bond motifs is 2. The number of hydrogen-bond donors (Lipinski definition) is 0. The first kappa shape index (κ1) is 13.6. The predicted molar refractivity (Wildman–Crippen MR) is 62.8 cm³/mol. The zero-order valence-electron chi connectivity index (χ0n) is 10.9. The van der Waals surface area contributed by atoms with Crippen LogP contribution in [0.15, 0.2) is 12.2 Å². The van der Waals surface area contributed by atoms with E-state index in [0.717, 1.165) is 0 Å². The monoisotopic (exact) mass is 268 g/mol. The summed E-state index contributed by atoms with van der Waals surface area (Å²) < 4.78 is 15.1. The molecule has 6 nitrogen and oxygen atoms in total. The molecule has 2 aliphatic rings. The number of esters is 3. The SMILES string of the molecule is C=C(C)C(=O)OC1CC(C(=O)OC)C2CC1OC2=O. The number of ether oxygens (including phenoxy) is 3. The standard InChI is InChI=1S/C13H16O6/c1-6(2)11(14)18-9-4-7(12(15)17-3)8-5-10(9)19-13(8)16/h7-10H,1,4-5H2,2-3H3. The van der Waals surface area contributed by atoms with Gasteiger partial charge in [0.2, 0.25) is 0 Å². The van der Waals surface area contributed by atoms with E-state index in [1.165, 1.54) is 14.0 Å². The van der Waals surface area contributed by atoms with Crippen LogP contribution < -0.4 is 0 Å². The van der Waals surface area contributed by atoms with Crippen molar-refractivity contribution in [2.75, 3.05) is 7.11 Å². The molecule has 1 saturated carbocycles. The molecule has 0 aromatic carbocycles. The molecule has 0 radical (unpaired) electrons. The van der Waals surface area contributed by atoms with Crippen molar-refractivity contribution in [1.82, 2.24) is 0 Å². The van der Waals surface area contributed by atoms with E-state index in [-0.39, 0.29) is 12.0 Å².